The van der Waals surface area contributed by atoms with Gasteiger partial charge >= 0.3 is 11.9 Å². The first-order valence-electron chi connectivity index (χ1n) is 8.83. The lowest BCUT2D eigenvalue weighted by molar-refractivity contribution is -0.162. The summed E-state index contributed by atoms with van der Waals surface area (Å²) in [6.07, 6.45) is 0.771. The number of para-hydroxylation sites is 1. The minimum absolute atomic E-state index is 0.0394. The van der Waals surface area contributed by atoms with Crippen LogP contribution in [-0.2, 0) is 20.8 Å². The molecule has 0 aliphatic carbocycles. The van der Waals surface area contributed by atoms with Crippen LogP contribution < -0.4 is 0 Å². The lowest BCUT2D eigenvalue weighted by Crippen LogP contribution is -2.59. The summed E-state index contributed by atoms with van der Waals surface area (Å²) in [5.41, 5.74) is -0.665. The normalized spacial score (nSPS) is 13.9. The summed E-state index contributed by atoms with van der Waals surface area (Å²) in [5, 5.41) is 32.3. The summed E-state index contributed by atoms with van der Waals surface area (Å²) in [6.45, 7) is 3.00. The van der Waals surface area contributed by atoms with Crippen LogP contribution in [0.15, 0.2) is 35.6 Å². The van der Waals surface area contributed by atoms with E-state index in [0.717, 1.165) is 15.8 Å². The predicted octanol–water partition coefficient (Wildman–Crippen LogP) is 2.10. The zero-order valence-corrected chi connectivity index (χ0v) is 15.7. The summed E-state index contributed by atoms with van der Waals surface area (Å²) in [6, 6.07) is 7.38. The number of likely N-dealkylation sites (N-methyl/N-ethyl adjacent to an activating group) is 1. The van der Waals surface area contributed by atoms with E-state index >= 15 is 0 Å². The van der Waals surface area contributed by atoms with Gasteiger partial charge in [0.15, 0.2) is 5.54 Å². The van der Waals surface area contributed by atoms with Crippen LogP contribution in [0, 0.1) is 0 Å². The fraction of sp³-hybridized carbons (Fsp3) is 0.368. The van der Waals surface area contributed by atoms with Gasteiger partial charge in [0.2, 0.25) is 0 Å². The number of carboxylic acid groups (broad SMARTS) is 2. The van der Waals surface area contributed by atoms with Gasteiger partial charge in [-0.2, -0.15) is 0 Å². The number of carboxylic acids is 2. The van der Waals surface area contributed by atoms with Crippen molar-refractivity contribution in [1.29, 1.82) is 0 Å². The highest BCUT2D eigenvalue weighted by Crippen LogP contribution is 2.26. The van der Waals surface area contributed by atoms with Gasteiger partial charge in [-0.15, -0.1) is 0 Å². The van der Waals surface area contributed by atoms with Gasteiger partial charge < -0.3 is 25.3 Å². The van der Waals surface area contributed by atoms with Crippen molar-refractivity contribution >= 4 is 34.5 Å². The molecule has 0 spiro atoms. The fourth-order valence-corrected chi connectivity index (χ4v) is 3.41. The summed E-state index contributed by atoms with van der Waals surface area (Å²) < 4.78 is 0. The van der Waals surface area contributed by atoms with Crippen LogP contribution in [0.1, 0.15) is 32.3 Å². The molecule has 0 aliphatic rings. The fourth-order valence-electron chi connectivity index (χ4n) is 3.41. The van der Waals surface area contributed by atoms with Crippen LogP contribution in [-0.4, -0.2) is 60.9 Å². The molecule has 2 rings (SSSR count). The number of nitrogens with one attached hydrogen (secondary N) is 1. The Labute approximate surface area is 161 Å². The lowest BCUT2D eigenvalue weighted by atomic mass is 9.88. The number of aliphatic carboxylic acids is 2. The van der Waals surface area contributed by atoms with Gasteiger partial charge in [-0.25, -0.2) is 4.79 Å². The number of carbonyl (C=O) groups is 3. The summed E-state index contributed by atoms with van der Waals surface area (Å²) in [7, 11) is 0. The van der Waals surface area contributed by atoms with Crippen molar-refractivity contribution < 1.29 is 29.8 Å². The van der Waals surface area contributed by atoms with Gasteiger partial charge in [0.1, 0.15) is 5.71 Å². The van der Waals surface area contributed by atoms with Crippen molar-refractivity contribution in [3.63, 3.8) is 0 Å². The van der Waals surface area contributed by atoms with Crippen molar-refractivity contribution in [1.82, 2.24) is 9.88 Å². The molecular formula is C19H23N3O6. The minimum atomic E-state index is -1.94. The maximum Gasteiger partial charge on any atom is 0.330 e. The van der Waals surface area contributed by atoms with Gasteiger partial charge in [-0.05, 0) is 25.0 Å². The number of hydrogen-bond donors (Lipinski definition) is 4. The van der Waals surface area contributed by atoms with Crippen LogP contribution in [0.3, 0.4) is 0 Å². The number of fused-ring (bicyclic) bond motifs is 1. The molecule has 4 N–H and O–H groups in total. The molecule has 0 bridgehead atoms. The average Bonchev–Trinajstić information content (AvgIpc) is 3.07. The van der Waals surface area contributed by atoms with E-state index < -0.39 is 29.8 Å². The highest BCUT2D eigenvalue weighted by molar-refractivity contribution is 6.39. The molecule has 0 fully saturated rings. The van der Waals surface area contributed by atoms with Crippen molar-refractivity contribution in [2.75, 3.05) is 6.54 Å². The van der Waals surface area contributed by atoms with Gasteiger partial charge in [-0.3, -0.25) is 9.59 Å². The van der Waals surface area contributed by atoms with E-state index in [0.29, 0.717) is 5.56 Å². The number of carbonyl (C=O) groups excluding carboxylic acids is 1. The number of aromatic nitrogens is 1. The monoisotopic (exact) mass is 389 g/mol. The molecule has 0 saturated heterocycles. The second kappa shape index (κ2) is 8.55. The molecule has 9 nitrogen and oxygen atoms in total. The number of hydrogen-bond acceptors (Lipinski definition) is 5. The van der Waals surface area contributed by atoms with Gasteiger partial charge in [0.05, 0.1) is 6.42 Å². The van der Waals surface area contributed by atoms with Crippen molar-refractivity contribution in [3.8, 4) is 0 Å². The molecule has 0 unspecified atom stereocenters. The van der Waals surface area contributed by atoms with E-state index in [1.54, 1.807) is 13.1 Å². The molecule has 1 atom stereocenters. The number of oxime groups is 1. The van der Waals surface area contributed by atoms with Crippen molar-refractivity contribution in [3.05, 3.63) is 36.0 Å². The molecule has 28 heavy (non-hydrogen) atoms. The second-order valence-corrected chi connectivity index (χ2v) is 6.39. The number of amides is 1. The average molecular weight is 389 g/mol. The Hall–Kier alpha value is -3.36. The molecule has 2 aromatic rings. The Kier molecular flexibility index (Phi) is 6.40. The SMILES string of the molecule is CCN(C(=O)C(Cc1c[nH]c2ccccc12)=NO)[C@@](CC)(CC(=O)O)C(=O)O. The van der Waals surface area contributed by atoms with E-state index in [1.165, 1.54) is 6.92 Å². The topological polar surface area (TPSA) is 143 Å². The molecule has 0 saturated carbocycles. The Bertz CT molecular complexity index is 919. The lowest BCUT2D eigenvalue weighted by Gasteiger charge is -2.38. The summed E-state index contributed by atoms with van der Waals surface area (Å²) >= 11 is 0. The van der Waals surface area contributed by atoms with Crippen molar-refractivity contribution in [2.24, 2.45) is 5.16 Å². The van der Waals surface area contributed by atoms with E-state index in [-0.39, 0.29) is 25.1 Å². The first kappa shape index (κ1) is 20.9. The molecule has 0 aliphatic heterocycles. The number of H-pyrrole nitrogens is 1. The highest BCUT2D eigenvalue weighted by atomic mass is 16.4. The highest BCUT2D eigenvalue weighted by Gasteiger charge is 2.47. The Balaban J connectivity index is 2.40. The van der Waals surface area contributed by atoms with E-state index in [9.17, 15) is 29.8 Å². The number of nitrogens with zero attached hydrogens (tertiary/aromatic N) is 2. The number of aromatic amines is 1. The summed E-state index contributed by atoms with van der Waals surface area (Å²) in [5.74, 6) is -3.58. The zero-order valence-electron chi connectivity index (χ0n) is 15.7. The minimum Gasteiger partial charge on any atom is -0.481 e. The first-order chi connectivity index (χ1) is 13.3. The number of benzene rings is 1. The van der Waals surface area contributed by atoms with Gasteiger partial charge in [-0.1, -0.05) is 30.3 Å². The molecule has 150 valence electrons. The quantitative estimate of drug-likeness (QED) is 0.294. The predicted molar refractivity (Wildman–Crippen MR) is 102 cm³/mol. The Morgan fingerprint density at radius 1 is 1.18 bits per heavy atom. The maximum absolute atomic E-state index is 13.0. The molecule has 1 aromatic carbocycles. The molecule has 1 aromatic heterocycles. The van der Waals surface area contributed by atoms with E-state index in [1.807, 2.05) is 24.3 Å². The number of rotatable bonds is 9. The third-order valence-electron chi connectivity index (χ3n) is 4.91. The third kappa shape index (κ3) is 3.83. The smallest absolute Gasteiger partial charge is 0.330 e. The third-order valence-corrected chi connectivity index (χ3v) is 4.91. The van der Waals surface area contributed by atoms with Gasteiger partial charge in [0.25, 0.3) is 5.91 Å². The van der Waals surface area contributed by atoms with Crippen LogP contribution in [0.5, 0.6) is 0 Å². The summed E-state index contributed by atoms with van der Waals surface area (Å²) in [4.78, 5) is 40.2. The van der Waals surface area contributed by atoms with Gasteiger partial charge in [0, 0.05) is 30.1 Å². The second-order valence-electron chi connectivity index (χ2n) is 6.39. The zero-order chi connectivity index (χ0) is 20.9. The van der Waals surface area contributed by atoms with Crippen LogP contribution in [0.2, 0.25) is 0 Å². The van der Waals surface area contributed by atoms with E-state index in [4.69, 9.17) is 0 Å². The van der Waals surface area contributed by atoms with Crippen LogP contribution in [0.25, 0.3) is 10.9 Å². The largest absolute Gasteiger partial charge is 0.481 e. The molecule has 1 heterocycles. The van der Waals surface area contributed by atoms with E-state index in [2.05, 4.69) is 10.1 Å². The van der Waals surface area contributed by atoms with Crippen LogP contribution >= 0.6 is 0 Å². The first-order valence-corrected chi connectivity index (χ1v) is 8.83. The molecule has 0 radical (unpaired) electrons. The molecular weight excluding hydrogens is 366 g/mol. The standard InChI is InChI=1S/C19H23N3O6/c1-3-19(18(26)27,10-16(23)24)22(4-2)17(25)15(21-28)9-12-11-20-14-8-6-5-7-13(12)14/h5-8,11,20,28H,3-4,9-10H2,1-2H3,(H,23,24)(H,26,27)/t19-/m0/s1. The van der Waals surface area contributed by atoms with Crippen molar-refractivity contribution in [2.45, 2.75) is 38.6 Å². The molecule has 1 amide bonds. The Morgan fingerprint density at radius 2 is 1.86 bits per heavy atom. The maximum atomic E-state index is 13.0. The Morgan fingerprint density at radius 3 is 2.39 bits per heavy atom. The molecule has 9 heteroatoms. The van der Waals surface area contributed by atoms with Crippen LogP contribution in [0.4, 0.5) is 0 Å².